The van der Waals surface area contributed by atoms with E-state index in [0.29, 0.717) is 33.9 Å². The number of hydrogen-bond donors (Lipinski definition) is 2. The number of amides is 2. The van der Waals surface area contributed by atoms with Crippen molar-refractivity contribution in [3.63, 3.8) is 0 Å². The number of benzene rings is 3. The van der Waals surface area contributed by atoms with Gasteiger partial charge in [0, 0.05) is 5.69 Å². The summed E-state index contributed by atoms with van der Waals surface area (Å²) in [5.74, 6) is 0.461. The highest BCUT2D eigenvalue weighted by molar-refractivity contribution is 8.18. The van der Waals surface area contributed by atoms with Gasteiger partial charge in [0.1, 0.15) is 0 Å². The molecule has 0 radical (unpaired) electrons. The van der Waals surface area contributed by atoms with Crippen molar-refractivity contribution < 1.29 is 19.1 Å². The molecule has 8 heteroatoms. The number of ether oxygens (including phenoxy) is 2. The normalized spacial score (nSPS) is 15.1. The maximum atomic E-state index is 12.6. The van der Waals surface area contributed by atoms with Gasteiger partial charge in [0.05, 0.1) is 17.2 Å². The second-order valence-corrected chi connectivity index (χ2v) is 9.64. The number of nitrogens with one attached hydrogen (secondary N) is 2. The number of thioether (sulfide) groups is 1. The number of rotatable bonds is 8. The number of carbonyl (C=O) groups is 2. The predicted molar refractivity (Wildman–Crippen MR) is 150 cm³/mol. The smallest absolute Gasteiger partial charge is 0.264 e. The SMILES string of the molecule is CCOc1cc(/C=C2/SC(=Nc3ccc(C)cc3C)NC2=O)ccc1OCC(=O)Nc1ccc(C)cc1. The first-order chi connectivity index (χ1) is 17.8. The minimum Gasteiger partial charge on any atom is -0.490 e. The molecule has 4 rings (SSSR count). The van der Waals surface area contributed by atoms with Crippen LogP contribution in [-0.4, -0.2) is 30.2 Å². The molecule has 3 aromatic carbocycles. The number of carbonyl (C=O) groups excluding carboxylic acids is 2. The van der Waals surface area contributed by atoms with E-state index in [1.807, 2.05) is 70.2 Å². The van der Waals surface area contributed by atoms with E-state index >= 15 is 0 Å². The molecule has 2 amide bonds. The van der Waals surface area contributed by atoms with Crippen molar-refractivity contribution in [2.24, 2.45) is 4.99 Å². The molecule has 0 unspecified atom stereocenters. The van der Waals surface area contributed by atoms with Crippen LogP contribution in [-0.2, 0) is 9.59 Å². The average Bonchev–Trinajstić information content (AvgIpc) is 3.20. The van der Waals surface area contributed by atoms with E-state index in [-0.39, 0.29) is 18.4 Å². The standard InChI is InChI=1S/C29H29N3O4S/c1-5-35-25-15-21(9-13-24(25)36-17-27(33)30-22-10-6-18(2)7-11-22)16-26-28(34)32-29(37-26)31-23-12-8-19(3)14-20(23)4/h6-16H,5,17H2,1-4H3,(H,30,33)(H,31,32,34)/b26-16+. The Kier molecular flexibility index (Phi) is 8.30. The van der Waals surface area contributed by atoms with Crippen LogP contribution in [0.4, 0.5) is 11.4 Å². The Bertz CT molecular complexity index is 1380. The van der Waals surface area contributed by atoms with Crippen molar-refractivity contribution in [3.8, 4) is 11.5 Å². The van der Waals surface area contributed by atoms with Crippen LogP contribution in [0.3, 0.4) is 0 Å². The fourth-order valence-electron chi connectivity index (χ4n) is 3.65. The van der Waals surface area contributed by atoms with Gasteiger partial charge in [0.2, 0.25) is 0 Å². The summed E-state index contributed by atoms with van der Waals surface area (Å²) in [6, 6.07) is 18.9. The van der Waals surface area contributed by atoms with Gasteiger partial charge in [-0.1, -0.05) is 41.5 Å². The van der Waals surface area contributed by atoms with Crippen molar-refractivity contribution in [3.05, 3.63) is 87.8 Å². The van der Waals surface area contributed by atoms with Gasteiger partial charge in [-0.3, -0.25) is 9.59 Å². The highest BCUT2D eigenvalue weighted by Crippen LogP contribution is 2.33. The number of aliphatic imine (C=N–C) groups is 1. The lowest BCUT2D eigenvalue weighted by atomic mass is 10.1. The van der Waals surface area contributed by atoms with E-state index in [4.69, 9.17) is 9.47 Å². The predicted octanol–water partition coefficient (Wildman–Crippen LogP) is 5.92. The second kappa shape index (κ2) is 11.8. The molecule has 37 heavy (non-hydrogen) atoms. The van der Waals surface area contributed by atoms with Crippen LogP contribution in [0.1, 0.15) is 29.2 Å². The molecule has 0 bridgehead atoms. The summed E-state index contributed by atoms with van der Waals surface area (Å²) >= 11 is 1.29. The lowest BCUT2D eigenvalue weighted by molar-refractivity contribution is -0.118. The first-order valence-electron chi connectivity index (χ1n) is 11.9. The largest absolute Gasteiger partial charge is 0.490 e. The van der Waals surface area contributed by atoms with E-state index in [2.05, 4.69) is 21.7 Å². The molecule has 1 heterocycles. The van der Waals surface area contributed by atoms with Gasteiger partial charge in [-0.05, 0) is 87.0 Å². The Balaban J connectivity index is 1.45. The van der Waals surface area contributed by atoms with E-state index < -0.39 is 0 Å². The van der Waals surface area contributed by atoms with Crippen LogP contribution < -0.4 is 20.1 Å². The van der Waals surface area contributed by atoms with E-state index in [0.717, 1.165) is 27.9 Å². The third kappa shape index (κ3) is 7.01. The number of nitrogens with zero attached hydrogens (tertiary/aromatic N) is 1. The highest BCUT2D eigenvalue weighted by atomic mass is 32.2. The minimum absolute atomic E-state index is 0.162. The fourth-order valence-corrected chi connectivity index (χ4v) is 4.49. The Morgan fingerprint density at radius 1 is 0.973 bits per heavy atom. The molecule has 0 aromatic heterocycles. The van der Waals surface area contributed by atoms with Crippen molar-refractivity contribution in [1.82, 2.24) is 5.32 Å². The van der Waals surface area contributed by atoms with Gasteiger partial charge in [0.15, 0.2) is 23.3 Å². The molecule has 1 aliphatic rings. The molecule has 3 aromatic rings. The summed E-state index contributed by atoms with van der Waals surface area (Å²) in [4.78, 5) is 30.0. The first-order valence-corrected chi connectivity index (χ1v) is 12.8. The molecule has 2 N–H and O–H groups in total. The van der Waals surface area contributed by atoms with Crippen LogP contribution in [0.2, 0.25) is 0 Å². The molecule has 1 saturated heterocycles. The van der Waals surface area contributed by atoms with Gasteiger partial charge in [-0.15, -0.1) is 0 Å². The molecule has 190 valence electrons. The van der Waals surface area contributed by atoms with Gasteiger partial charge in [-0.2, -0.15) is 0 Å². The topological polar surface area (TPSA) is 89.0 Å². The zero-order chi connectivity index (χ0) is 26.4. The third-order valence-electron chi connectivity index (χ3n) is 5.48. The number of amidine groups is 1. The van der Waals surface area contributed by atoms with Crippen molar-refractivity contribution in [2.75, 3.05) is 18.5 Å². The molecule has 0 aliphatic carbocycles. The molecule has 0 atom stereocenters. The number of anilines is 1. The molecule has 0 saturated carbocycles. The van der Waals surface area contributed by atoms with Crippen LogP contribution in [0.5, 0.6) is 11.5 Å². The minimum atomic E-state index is -0.271. The number of hydrogen-bond acceptors (Lipinski definition) is 6. The van der Waals surface area contributed by atoms with E-state index in [1.54, 1.807) is 18.2 Å². The molecular weight excluding hydrogens is 486 g/mol. The summed E-state index contributed by atoms with van der Waals surface area (Å²) < 4.78 is 11.5. The van der Waals surface area contributed by atoms with Crippen molar-refractivity contribution >= 4 is 46.2 Å². The third-order valence-corrected chi connectivity index (χ3v) is 6.39. The summed E-state index contributed by atoms with van der Waals surface area (Å²) in [5.41, 5.74) is 5.62. The molecule has 0 spiro atoms. The Hall–Kier alpha value is -4.04. The summed E-state index contributed by atoms with van der Waals surface area (Å²) in [5, 5.41) is 6.17. The van der Waals surface area contributed by atoms with Gasteiger partial charge < -0.3 is 20.1 Å². The number of aryl methyl sites for hydroxylation is 3. The fraction of sp³-hybridized carbons (Fsp3) is 0.207. The average molecular weight is 516 g/mol. The van der Waals surface area contributed by atoms with Crippen LogP contribution in [0.25, 0.3) is 6.08 Å². The Labute approximate surface area is 221 Å². The summed E-state index contributed by atoms with van der Waals surface area (Å²) in [6.45, 7) is 8.15. The van der Waals surface area contributed by atoms with Crippen molar-refractivity contribution in [2.45, 2.75) is 27.7 Å². The van der Waals surface area contributed by atoms with Crippen molar-refractivity contribution in [1.29, 1.82) is 0 Å². The van der Waals surface area contributed by atoms with Gasteiger partial charge >= 0.3 is 0 Å². The van der Waals surface area contributed by atoms with E-state index in [1.165, 1.54) is 11.8 Å². The highest BCUT2D eigenvalue weighted by Gasteiger charge is 2.24. The molecule has 1 aliphatic heterocycles. The Morgan fingerprint density at radius 2 is 1.73 bits per heavy atom. The Morgan fingerprint density at radius 3 is 2.46 bits per heavy atom. The maximum Gasteiger partial charge on any atom is 0.264 e. The molecule has 1 fully saturated rings. The monoisotopic (exact) mass is 515 g/mol. The first kappa shape index (κ1) is 26.0. The molecular formula is C29H29N3O4S. The maximum absolute atomic E-state index is 12.6. The zero-order valence-corrected chi connectivity index (χ0v) is 22.1. The molecule has 7 nitrogen and oxygen atoms in total. The van der Waals surface area contributed by atoms with Gasteiger partial charge in [0.25, 0.3) is 11.8 Å². The second-order valence-electron chi connectivity index (χ2n) is 8.61. The van der Waals surface area contributed by atoms with Crippen LogP contribution in [0.15, 0.2) is 70.6 Å². The van der Waals surface area contributed by atoms with Gasteiger partial charge in [-0.25, -0.2) is 4.99 Å². The quantitative estimate of drug-likeness (QED) is 0.364. The lowest BCUT2D eigenvalue weighted by Gasteiger charge is -2.13. The summed E-state index contributed by atoms with van der Waals surface area (Å²) in [6.07, 6.45) is 1.78. The van der Waals surface area contributed by atoms with E-state index in [9.17, 15) is 9.59 Å². The lowest BCUT2D eigenvalue weighted by Crippen LogP contribution is -2.20. The zero-order valence-electron chi connectivity index (χ0n) is 21.3. The summed E-state index contributed by atoms with van der Waals surface area (Å²) in [7, 11) is 0. The van der Waals surface area contributed by atoms with Crippen LogP contribution >= 0.6 is 11.8 Å². The van der Waals surface area contributed by atoms with Crippen LogP contribution in [0, 0.1) is 20.8 Å².